The Morgan fingerprint density at radius 1 is 1.47 bits per heavy atom. The van der Waals surface area contributed by atoms with E-state index >= 15 is 0 Å². The zero-order valence-corrected chi connectivity index (χ0v) is 12.5. The molecule has 1 atom stereocenters. The summed E-state index contributed by atoms with van der Waals surface area (Å²) in [4.78, 5) is 0.307. The maximum Gasteiger partial charge on any atom is 0.240 e. The summed E-state index contributed by atoms with van der Waals surface area (Å²) in [7, 11) is -3.43. The normalized spacial score (nSPS) is 19.8. The number of hydrogen-bond donors (Lipinski definition) is 2. The van der Waals surface area contributed by atoms with E-state index in [1.165, 1.54) is 0 Å². The van der Waals surface area contributed by atoms with E-state index in [2.05, 4.69) is 10.0 Å². The van der Waals surface area contributed by atoms with Gasteiger partial charge in [0.2, 0.25) is 10.0 Å². The van der Waals surface area contributed by atoms with E-state index in [0.717, 1.165) is 25.9 Å². The molecule has 0 amide bonds. The quantitative estimate of drug-likeness (QED) is 0.874. The summed E-state index contributed by atoms with van der Waals surface area (Å²) >= 11 is 5.84. The lowest BCUT2D eigenvalue weighted by atomic mass is 10.1. The van der Waals surface area contributed by atoms with Gasteiger partial charge in [-0.3, -0.25) is 0 Å². The van der Waals surface area contributed by atoms with Gasteiger partial charge < -0.3 is 5.32 Å². The number of benzene rings is 1. The minimum atomic E-state index is -3.43. The molecule has 6 heteroatoms. The Morgan fingerprint density at radius 2 is 2.26 bits per heavy atom. The van der Waals surface area contributed by atoms with Crippen molar-refractivity contribution < 1.29 is 8.42 Å². The minimum Gasteiger partial charge on any atom is -0.316 e. The lowest BCUT2D eigenvalue weighted by Crippen LogP contribution is -2.27. The molecule has 2 rings (SSSR count). The van der Waals surface area contributed by atoms with Gasteiger partial charge in [-0.2, -0.15) is 0 Å². The van der Waals surface area contributed by atoms with E-state index in [0.29, 0.717) is 27.9 Å². The second-order valence-electron chi connectivity index (χ2n) is 4.96. The molecule has 1 heterocycles. The van der Waals surface area contributed by atoms with Gasteiger partial charge in [-0.15, -0.1) is 0 Å². The predicted octanol–water partition coefficient (Wildman–Crippen LogP) is 1.93. The zero-order valence-electron chi connectivity index (χ0n) is 10.9. The summed E-state index contributed by atoms with van der Waals surface area (Å²) in [5.41, 5.74) is 0.669. The molecule has 1 aliphatic rings. The SMILES string of the molecule is Cc1cc(Cl)ccc1S(=O)(=O)NCC[C@H]1CCNC1. The predicted molar refractivity (Wildman–Crippen MR) is 77.0 cm³/mol. The van der Waals surface area contributed by atoms with Crippen LogP contribution in [-0.2, 0) is 10.0 Å². The van der Waals surface area contributed by atoms with Gasteiger partial charge in [0.05, 0.1) is 4.90 Å². The van der Waals surface area contributed by atoms with Gasteiger partial charge in [0, 0.05) is 11.6 Å². The van der Waals surface area contributed by atoms with Crippen molar-refractivity contribution in [3.63, 3.8) is 0 Å². The van der Waals surface area contributed by atoms with Gasteiger partial charge in [-0.1, -0.05) is 11.6 Å². The van der Waals surface area contributed by atoms with Crippen LogP contribution in [0.2, 0.25) is 5.02 Å². The second-order valence-corrected chi connectivity index (χ2v) is 7.13. The van der Waals surface area contributed by atoms with E-state index in [1.807, 2.05) is 0 Å². The first-order valence-electron chi connectivity index (χ1n) is 6.45. The van der Waals surface area contributed by atoms with Crippen LogP contribution in [0, 0.1) is 12.8 Å². The lowest BCUT2D eigenvalue weighted by Gasteiger charge is -2.11. The summed E-state index contributed by atoms with van der Waals surface area (Å²) in [5.74, 6) is 0.578. The van der Waals surface area contributed by atoms with Crippen molar-refractivity contribution in [2.45, 2.75) is 24.7 Å². The van der Waals surface area contributed by atoms with Crippen LogP contribution in [0.4, 0.5) is 0 Å². The highest BCUT2D eigenvalue weighted by molar-refractivity contribution is 7.89. The van der Waals surface area contributed by atoms with Crippen molar-refractivity contribution in [1.82, 2.24) is 10.0 Å². The average Bonchev–Trinajstić information content (AvgIpc) is 2.81. The molecule has 0 aliphatic carbocycles. The van der Waals surface area contributed by atoms with Crippen molar-refractivity contribution in [3.05, 3.63) is 28.8 Å². The molecule has 19 heavy (non-hydrogen) atoms. The summed E-state index contributed by atoms with van der Waals surface area (Å²) in [6.07, 6.45) is 2.00. The summed E-state index contributed by atoms with van der Waals surface area (Å²) < 4.78 is 27.0. The van der Waals surface area contributed by atoms with Crippen LogP contribution in [0.15, 0.2) is 23.1 Å². The summed E-state index contributed by atoms with van der Waals surface area (Å²) in [6, 6.07) is 4.82. The van der Waals surface area contributed by atoms with E-state index in [-0.39, 0.29) is 0 Å². The highest BCUT2D eigenvalue weighted by Gasteiger charge is 2.18. The first-order chi connectivity index (χ1) is 8.99. The van der Waals surface area contributed by atoms with Crippen LogP contribution < -0.4 is 10.0 Å². The molecule has 1 fully saturated rings. The topological polar surface area (TPSA) is 58.2 Å². The molecule has 0 aromatic heterocycles. The largest absolute Gasteiger partial charge is 0.316 e. The van der Waals surface area contributed by atoms with E-state index in [9.17, 15) is 8.42 Å². The van der Waals surface area contributed by atoms with Crippen LogP contribution in [0.3, 0.4) is 0 Å². The number of sulfonamides is 1. The highest BCUT2D eigenvalue weighted by atomic mass is 35.5. The Kier molecular flexibility index (Phi) is 4.84. The minimum absolute atomic E-state index is 0.307. The molecular weight excluding hydrogens is 284 g/mol. The van der Waals surface area contributed by atoms with Crippen LogP contribution >= 0.6 is 11.6 Å². The van der Waals surface area contributed by atoms with Crippen molar-refractivity contribution in [2.24, 2.45) is 5.92 Å². The number of halogens is 1. The van der Waals surface area contributed by atoms with Gasteiger partial charge in [0.25, 0.3) is 0 Å². The Morgan fingerprint density at radius 3 is 2.89 bits per heavy atom. The zero-order chi connectivity index (χ0) is 13.9. The van der Waals surface area contributed by atoms with Crippen LogP contribution in [0.25, 0.3) is 0 Å². The maximum absolute atomic E-state index is 12.2. The molecule has 106 valence electrons. The third kappa shape index (κ3) is 3.92. The lowest BCUT2D eigenvalue weighted by molar-refractivity contribution is 0.519. The van der Waals surface area contributed by atoms with Gasteiger partial charge in [0.1, 0.15) is 0 Å². The average molecular weight is 303 g/mol. The maximum atomic E-state index is 12.2. The number of aryl methyl sites for hydroxylation is 1. The fourth-order valence-electron chi connectivity index (χ4n) is 2.35. The summed E-state index contributed by atoms with van der Waals surface area (Å²) in [5, 5.41) is 3.82. The number of hydrogen-bond acceptors (Lipinski definition) is 3. The van der Waals surface area contributed by atoms with E-state index in [4.69, 9.17) is 11.6 Å². The number of rotatable bonds is 5. The van der Waals surface area contributed by atoms with Crippen LogP contribution in [0.1, 0.15) is 18.4 Å². The van der Waals surface area contributed by atoms with Gasteiger partial charge >= 0.3 is 0 Å². The molecule has 0 saturated carbocycles. The van der Waals surface area contributed by atoms with Crippen molar-refractivity contribution in [2.75, 3.05) is 19.6 Å². The van der Waals surface area contributed by atoms with Crippen molar-refractivity contribution in [3.8, 4) is 0 Å². The van der Waals surface area contributed by atoms with Crippen LogP contribution in [0.5, 0.6) is 0 Å². The Labute approximate surface area is 119 Å². The molecule has 1 aromatic carbocycles. The molecule has 4 nitrogen and oxygen atoms in total. The molecule has 0 bridgehead atoms. The molecule has 0 spiro atoms. The fourth-order valence-corrected chi connectivity index (χ4v) is 3.85. The Bertz CT molecular complexity index is 540. The fraction of sp³-hybridized carbons (Fsp3) is 0.538. The van der Waals surface area contributed by atoms with Crippen molar-refractivity contribution >= 4 is 21.6 Å². The molecule has 1 saturated heterocycles. The third-order valence-electron chi connectivity index (χ3n) is 3.43. The Hall–Kier alpha value is -0.620. The molecular formula is C13H19ClN2O2S. The smallest absolute Gasteiger partial charge is 0.240 e. The molecule has 0 unspecified atom stereocenters. The van der Waals surface area contributed by atoms with E-state index in [1.54, 1.807) is 25.1 Å². The number of nitrogens with one attached hydrogen (secondary N) is 2. The van der Waals surface area contributed by atoms with Gasteiger partial charge in [-0.25, -0.2) is 13.1 Å². The first kappa shape index (κ1) is 14.8. The van der Waals surface area contributed by atoms with Crippen molar-refractivity contribution in [1.29, 1.82) is 0 Å². The summed E-state index contributed by atoms with van der Waals surface area (Å²) in [6.45, 7) is 4.26. The first-order valence-corrected chi connectivity index (χ1v) is 8.32. The second kappa shape index (κ2) is 6.22. The van der Waals surface area contributed by atoms with Crippen LogP contribution in [-0.4, -0.2) is 28.1 Å². The standard InChI is InChI=1S/C13H19ClN2O2S/c1-10-8-12(14)2-3-13(10)19(17,18)16-7-5-11-4-6-15-9-11/h2-3,8,11,15-16H,4-7,9H2,1H3/t11-/m1/s1. The molecule has 1 aliphatic heterocycles. The van der Waals surface area contributed by atoms with Gasteiger partial charge in [0.15, 0.2) is 0 Å². The highest BCUT2D eigenvalue weighted by Crippen LogP contribution is 2.19. The van der Waals surface area contributed by atoms with E-state index < -0.39 is 10.0 Å². The Balaban J connectivity index is 1.97. The molecule has 2 N–H and O–H groups in total. The van der Waals surface area contributed by atoms with Gasteiger partial charge in [-0.05, 0) is 62.5 Å². The molecule has 1 aromatic rings. The third-order valence-corrected chi connectivity index (χ3v) is 5.29. The monoisotopic (exact) mass is 302 g/mol. The molecule has 0 radical (unpaired) electrons.